The van der Waals surface area contributed by atoms with E-state index in [0.717, 1.165) is 36.8 Å². The summed E-state index contributed by atoms with van der Waals surface area (Å²) in [6.07, 6.45) is 0. The highest BCUT2D eigenvalue weighted by molar-refractivity contribution is 6.30. The normalized spacial score (nSPS) is 15.7. The molecule has 0 unspecified atom stereocenters. The number of anilines is 1. The van der Waals surface area contributed by atoms with E-state index in [0.29, 0.717) is 6.54 Å². The van der Waals surface area contributed by atoms with Gasteiger partial charge in [-0.2, -0.15) is 0 Å². The van der Waals surface area contributed by atoms with Crippen molar-refractivity contribution in [2.24, 2.45) is 0 Å². The second-order valence-electron chi connectivity index (χ2n) is 7.37. The van der Waals surface area contributed by atoms with Crippen LogP contribution in [0.15, 0.2) is 42.5 Å². The topological polar surface area (TPSA) is 40.2 Å². The number of rotatable bonds is 5. The highest BCUT2D eigenvalue weighted by Crippen LogP contribution is 2.23. The fraction of sp³-hybridized carbons (Fsp3) is 0.409. The van der Waals surface area contributed by atoms with Gasteiger partial charge in [0.2, 0.25) is 0 Å². The molecule has 1 aliphatic rings. The number of nitrogens with two attached hydrogens (primary N) is 1. The van der Waals surface area contributed by atoms with Crippen molar-refractivity contribution in [3.8, 4) is 0 Å². The Balaban J connectivity index is 1.50. The van der Waals surface area contributed by atoms with Crippen LogP contribution in [0.1, 0.15) is 29.7 Å². The zero-order valence-electron chi connectivity index (χ0n) is 16.4. The minimum Gasteiger partial charge on any atom is -0.368 e. The maximum Gasteiger partial charge on any atom is 0.277 e. The van der Waals surface area contributed by atoms with Crippen molar-refractivity contribution in [3.63, 3.8) is 0 Å². The summed E-state index contributed by atoms with van der Waals surface area (Å²) in [5.74, 6) is 0.212. The average Bonchev–Trinajstić information content (AvgIpc) is 2.68. The van der Waals surface area contributed by atoms with Crippen molar-refractivity contribution in [3.05, 3.63) is 64.2 Å². The lowest BCUT2D eigenvalue weighted by atomic mass is 10.1. The first-order chi connectivity index (χ1) is 13.0. The molecule has 0 spiro atoms. The van der Waals surface area contributed by atoms with Gasteiger partial charge in [0.1, 0.15) is 6.04 Å². The third kappa shape index (κ3) is 4.82. The summed E-state index contributed by atoms with van der Waals surface area (Å²) >= 11 is 6.06. The molecule has 5 heteroatoms. The lowest BCUT2D eigenvalue weighted by Crippen LogP contribution is -2.87. The minimum absolute atomic E-state index is 0.212. The van der Waals surface area contributed by atoms with Crippen LogP contribution in [0.2, 0.25) is 5.02 Å². The van der Waals surface area contributed by atoms with Crippen LogP contribution < -0.4 is 10.2 Å². The van der Waals surface area contributed by atoms with Gasteiger partial charge in [0.15, 0.2) is 6.54 Å². The van der Waals surface area contributed by atoms with Gasteiger partial charge < -0.3 is 15.1 Å². The first kappa shape index (κ1) is 19.7. The molecule has 0 saturated carbocycles. The molecule has 2 aromatic carbocycles. The Morgan fingerprint density at radius 3 is 2.52 bits per heavy atom. The molecule has 0 aliphatic carbocycles. The van der Waals surface area contributed by atoms with Crippen LogP contribution in [0.5, 0.6) is 0 Å². The number of hydrogen-bond acceptors (Lipinski definition) is 2. The van der Waals surface area contributed by atoms with E-state index in [1.165, 1.54) is 16.8 Å². The molecule has 2 N–H and O–H groups in total. The van der Waals surface area contributed by atoms with Crippen LogP contribution >= 0.6 is 11.6 Å². The molecule has 1 heterocycles. The number of nitrogens with zero attached hydrogens (tertiary/aromatic N) is 2. The van der Waals surface area contributed by atoms with Crippen molar-refractivity contribution < 1.29 is 10.1 Å². The lowest BCUT2D eigenvalue weighted by Gasteiger charge is -2.36. The van der Waals surface area contributed by atoms with E-state index in [2.05, 4.69) is 55.3 Å². The second kappa shape index (κ2) is 8.77. The van der Waals surface area contributed by atoms with E-state index in [9.17, 15) is 4.79 Å². The summed E-state index contributed by atoms with van der Waals surface area (Å²) in [6, 6.07) is 14.5. The third-order valence-electron chi connectivity index (χ3n) is 5.57. The van der Waals surface area contributed by atoms with Crippen LogP contribution in [-0.4, -0.2) is 43.5 Å². The van der Waals surface area contributed by atoms with Gasteiger partial charge in [-0.3, -0.25) is 4.79 Å². The lowest BCUT2D eigenvalue weighted by molar-refractivity contribution is -0.683. The Morgan fingerprint density at radius 1 is 1.11 bits per heavy atom. The van der Waals surface area contributed by atoms with Crippen molar-refractivity contribution in [1.82, 2.24) is 4.90 Å². The van der Waals surface area contributed by atoms with Gasteiger partial charge in [-0.1, -0.05) is 35.9 Å². The van der Waals surface area contributed by atoms with Crippen LogP contribution in [-0.2, 0) is 4.79 Å². The Morgan fingerprint density at radius 2 is 1.81 bits per heavy atom. The van der Waals surface area contributed by atoms with E-state index < -0.39 is 0 Å². The van der Waals surface area contributed by atoms with Crippen LogP contribution in [0.4, 0.5) is 5.69 Å². The monoisotopic (exact) mass is 386 g/mol. The largest absolute Gasteiger partial charge is 0.368 e. The first-order valence-electron chi connectivity index (χ1n) is 9.63. The van der Waals surface area contributed by atoms with Crippen molar-refractivity contribution in [2.45, 2.75) is 26.8 Å². The molecule has 4 nitrogen and oxygen atoms in total. The fourth-order valence-electron chi connectivity index (χ4n) is 3.61. The van der Waals surface area contributed by atoms with Crippen molar-refractivity contribution >= 4 is 23.2 Å². The fourth-order valence-corrected chi connectivity index (χ4v) is 3.81. The van der Waals surface area contributed by atoms with Gasteiger partial charge in [0.25, 0.3) is 5.91 Å². The molecule has 0 radical (unpaired) electrons. The summed E-state index contributed by atoms with van der Waals surface area (Å²) in [5.41, 5.74) is 5.09. The van der Waals surface area contributed by atoms with Crippen molar-refractivity contribution in [1.29, 1.82) is 0 Å². The van der Waals surface area contributed by atoms with E-state index in [1.54, 1.807) is 0 Å². The van der Waals surface area contributed by atoms with Crippen molar-refractivity contribution in [2.75, 3.05) is 37.6 Å². The molecular formula is C22H29ClN3O+. The second-order valence-corrected chi connectivity index (χ2v) is 7.81. The maximum absolute atomic E-state index is 12.6. The van der Waals surface area contributed by atoms with Crippen LogP contribution in [0.3, 0.4) is 0 Å². The molecule has 3 rings (SSSR count). The number of hydrogen-bond donors (Lipinski definition) is 1. The Hall–Kier alpha value is -2.04. The molecule has 1 fully saturated rings. The first-order valence-corrected chi connectivity index (χ1v) is 10.0. The number of aryl methyl sites for hydroxylation is 1. The van der Waals surface area contributed by atoms with E-state index in [4.69, 9.17) is 11.6 Å². The Labute approximate surface area is 167 Å². The molecule has 27 heavy (non-hydrogen) atoms. The summed E-state index contributed by atoms with van der Waals surface area (Å²) in [4.78, 5) is 17.0. The Bertz CT molecular complexity index is 800. The Kier molecular flexibility index (Phi) is 6.40. The highest BCUT2D eigenvalue weighted by Gasteiger charge is 2.23. The minimum atomic E-state index is 0.212. The molecule has 2 aromatic rings. The maximum atomic E-state index is 12.6. The smallest absolute Gasteiger partial charge is 0.277 e. The van der Waals surface area contributed by atoms with Gasteiger partial charge >= 0.3 is 0 Å². The molecular weight excluding hydrogens is 358 g/mol. The summed E-state index contributed by atoms with van der Waals surface area (Å²) in [6.45, 7) is 10.2. The predicted molar refractivity (Wildman–Crippen MR) is 111 cm³/mol. The number of halogens is 1. The number of amides is 1. The van der Waals surface area contributed by atoms with Gasteiger partial charge in [-0.05, 0) is 50.1 Å². The predicted octanol–water partition coefficient (Wildman–Crippen LogP) is 2.93. The molecule has 144 valence electrons. The molecule has 0 bridgehead atoms. The summed E-state index contributed by atoms with van der Waals surface area (Å²) < 4.78 is 0. The number of benzene rings is 2. The number of carbonyl (C=O) groups is 1. The molecule has 0 aromatic heterocycles. The average molecular weight is 387 g/mol. The standard InChI is InChI=1S/C22H28ClN3O/c1-16-6-4-9-21(17(16)2)25-10-12-26(13-11-25)22(27)15-24-18(3)19-7-5-8-20(23)14-19/h4-9,14,18,24H,10-13,15H2,1-3H3/p+1/t18-/m0/s1. The molecule has 1 atom stereocenters. The van der Waals surface area contributed by atoms with Crippen LogP contribution in [0.25, 0.3) is 0 Å². The number of quaternary nitrogens is 1. The quantitative estimate of drug-likeness (QED) is 0.858. The van der Waals surface area contributed by atoms with E-state index >= 15 is 0 Å². The SMILES string of the molecule is Cc1cccc(N2CCN(C(=O)C[NH2+][C@@H](C)c3cccc(Cl)c3)CC2)c1C. The van der Waals surface area contributed by atoms with E-state index in [1.807, 2.05) is 23.1 Å². The molecule has 1 amide bonds. The number of carbonyl (C=O) groups excluding carboxylic acids is 1. The van der Waals surface area contributed by atoms with Crippen LogP contribution in [0, 0.1) is 13.8 Å². The van der Waals surface area contributed by atoms with E-state index in [-0.39, 0.29) is 11.9 Å². The van der Waals surface area contributed by atoms with Gasteiger partial charge in [0, 0.05) is 42.5 Å². The third-order valence-corrected chi connectivity index (χ3v) is 5.80. The number of piperazine rings is 1. The van der Waals surface area contributed by atoms with Gasteiger partial charge in [-0.15, -0.1) is 0 Å². The zero-order chi connectivity index (χ0) is 19.4. The zero-order valence-corrected chi connectivity index (χ0v) is 17.2. The molecule has 1 aliphatic heterocycles. The van der Waals surface area contributed by atoms with Gasteiger partial charge in [-0.25, -0.2) is 0 Å². The summed E-state index contributed by atoms with van der Waals surface area (Å²) in [7, 11) is 0. The summed E-state index contributed by atoms with van der Waals surface area (Å²) in [5, 5.41) is 2.83. The molecule has 1 saturated heterocycles. The van der Waals surface area contributed by atoms with Gasteiger partial charge in [0.05, 0.1) is 0 Å². The highest BCUT2D eigenvalue weighted by atomic mass is 35.5.